The number of benzene rings is 2. The Bertz CT molecular complexity index is 908. The fraction of sp³-hybridized carbons (Fsp3) is 0.333. The SMILES string of the molecule is Cc1ccc(C)c(S(=O)(=O)N2CCN3CCOc4cccc2c43)c1. The quantitative estimate of drug-likeness (QED) is 0.840. The van der Waals surface area contributed by atoms with Crippen molar-refractivity contribution in [3.8, 4) is 5.75 Å². The summed E-state index contributed by atoms with van der Waals surface area (Å²) in [5.41, 5.74) is 3.31. The molecule has 0 bridgehead atoms. The van der Waals surface area contributed by atoms with Gasteiger partial charge in [-0.25, -0.2) is 8.42 Å². The first kappa shape index (κ1) is 15.3. The van der Waals surface area contributed by atoms with E-state index in [-0.39, 0.29) is 0 Å². The lowest BCUT2D eigenvalue weighted by atomic mass is 10.1. The molecule has 0 atom stereocenters. The van der Waals surface area contributed by atoms with E-state index in [1.54, 1.807) is 6.07 Å². The summed E-state index contributed by atoms with van der Waals surface area (Å²) in [4.78, 5) is 2.59. The Kier molecular flexibility index (Phi) is 3.46. The van der Waals surface area contributed by atoms with Crippen molar-refractivity contribution in [1.82, 2.24) is 0 Å². The molecule has 0 amide bonds. The first-order chi connectivity index (χ1) is 11.5. The van der Waals surface area contributed by atoms with Crippen molar-refractivity contribution in [3.63, 3.8) is 0 Å². The smallest absolute Gasteiger partial charge is 0.264 e. The molecule has 0 saturated heterocycles. The first-order valence-corrected chi connectivity index (χ1v) is 9.53. The number of ether oxygens (including phenoxy) is 1. The predicted octanol–water partition coefficient (Wildman–Crippen LogP) is 2.71. The highest BCUT2D eigenvalue weighted by Crippen LogP contribution is 2.44. The minimum atomic E-state index is -3.60. The zero-order valence-electron chi connectivity index (χ0n) is 13.8. The van der Waals surface area contributed by atoms with Crippen LogP contribution in [0.3, 0.4) is 0 Å². The first-order valence-electron chi connectivity index (χ1n) is 8.09. The van der Waals surface area contributed by atoms with Crippen LogP contribution in [0.2, 0.25) is 0 Å². The lowest BCUT2D eigenvalue weighted by molar-refractivity contribution is 0.307. The average Bonchev–Trinajstić information content (AvgIpc) is 2.57. The van der Waals surface area contributed by atoms with E-state index in [2.05, 4.69) is 4.90 Å². The molecule has 2 aliphatic heterocycles. The molecular formula is C18H20N2O3S. The molecule has 0 saturated carbocycles. The van der Waals surface area contributed by atoms with E-state index in [0.29, 0.717) is 30.3 Å². The maximum absolute atomic E-state index is 13.3. The van der Waals surface area contributed by atoms with E-state index in [1.165, 1.54) is 4.31 Å². The van der Waals surface area contributed by atoms with Crippen LogP contribution in [-0.4, -0.2) is 34.7 Å². The Hall–Kier alpha value is -2.21. The van der Waals surface area contributed by atoms with Crippen LogP contribution in [-0.2, 0) is 10.0 Å². The van der Waals surface area contributed by atoms with Gasteiger partial charge >= 0.3 is 0 Å². The molecule has 2 aromatic carbocycles. The molecule has 2 aliphatic rings. The molecule has 6 heteroatoms. The molecule has 5 nitrogen and oxygen atoms in total. The van der Waals surface area contributed by atoms with Crippen molar-refractivity contribution in [2.45, 2.75) is 18.7 Å². The summed E-state index contributed by atoms with van der Waals surface area (Å²) in [6.45, 7) is 6.31. The minimum Gasteiger partial charge on any atom is -0.489 e. The summed E-state index contributed by atoms with van der Waals surface area (Å²) in [6, 6.07) is 11.2. The maximum Gasteiger partial charge on any atom is 0.264 e. The second kappa shape index (κ2) is 5.41. The van der Waals surface area contributed by atoms with Gasteiger partial charge in [0.2, 0.25) is 0 Å². The molecule has 0 fully saturated rings. The Morgan fingerprint density at radius 2 is 1.88 bits per heavy atom. The number of hydrogen-bond donors (Lipinski definition) is 0. The van der Waals surface area contributed by atoms with Gasteiger partial charge in [0.1, 0.15) is 18.0 Å². The summed E-state index contributed by atoms with van der Waals surface area (Å²) in [6.07, 6.45) is 0. The molecule has 126 valence electrons. The van der Waals surface area contributed by atoms with Crippen LogP contribution in [0.15, 0.2) is 41.3 Å². The monoisotopic (exact) mass is 344 g/mol. The van der Waals surface area contributed by atoms with Gasteiger partial charge in [0.15, 0.2) is 0 Å². The van der Waals surface area contributed by atoms with E-state index in [1.807, 2.05) is 44.2 Å². The van der Waals surface area contributed by atoms with Gasteiger partial charge in [-0.05, 0) is 43.2 Å². The molecule has 2 heterocycles. The van der Waals surface area contributed by atoms with Gasteiger partial charge in [-0.15, -0.1) is 0 Å². The van der Waals surface area contributed by atoms with E-state index in [0.717, 1.165) is 29.1 Å². The third-order valence-electron chi connectivity index (χ3n) is 4.67. The van der Waals surface area contributed by atoms with Gasteiger partial charge in [0.05, 0.1) is 23.7 Å². The molecule has 0 N–H and O–H groups in total. The topological polar surface area (TPSA) is 49.9 Å². The highest BCUT2D eigenvalue weighted by atomic mass is 32.2. The minimum absolute atomic E-state index is 0.380. The largest absolute Gasteiger partial charge is 0.489 e. The number of aryl methyl sites for hydroxylation is 2. The van der Waals surface area contributed by atoms with Crippen LogP contribution < -0.4 is 13.9 Å². The third-order valence-corrected chi connectivity index (χ3v) is 6.62. The zero-order chi connectivity index (χ0) is 16.9. The molecule has 24 heavy (non-hydrogen) atoms. The third kappa shape index (κ3) is 2.24. The standard InChI is InChI=1S/C18H20N2O3S/c1-13-6-7-14(2)17(12-13)24(21,22)20-9-8-19-10-11-23-16-5-3-4-15(20)18(16)19/h3-7,12H,8-11H2,1-2H3. The molecule has 2 aromatic rings. The number of rotatable bonds is 2. The normalized spacial score (nSPS) is 16.6. The Labute approximate surface area is 142 Å². The number of anilines is 2. The van der Waals surface area contributed by atoms with Gasteiger partial charge in [-0.1, -0.05) is 18.2 Å². The van der Waals surface area contributed by atoms with E-state index in [9.17, 15) is 8.42 Å². The lowest BCUT2D eigenvalue weighted by Gasteiger charge is -2.41. The molecule has 0 radical (unpaired) electrons. The van der Waals surface area contributed by atoms with Gasteiger partial charge in [-0.2, -0.15) is 0 Å². The summed E-state index contributed by atoms with van der Waals surface area (Å²) in [7, 11) is -3.60. The van der Waals surface area contributed by atoms with Crippen molar-refractivity contribution in [3.05, 3.63) is 47.5 Å². The van der Waals surface area contributed by atoms with E-state index < -0.39 is 10.0 Å². The second-order valence-corrected chi connectivity index (χ2v) is 8.14. The average molecular weight is 344 g/mol. The van der Waals surface area contributed by atoms with Crippen molar-refractivity contribution in [2.24, 2.45) is 0 Å². The van der Waals surface area contributed by atoms with Gasteiger partial charge < -0.3 is 9.64 Å². The number of sulfonamides is 1. The molecular weight excluding hydrogens is 324 g/mol. The van der Waals surface area contributed by atoms with Crippen LogP contribution >= 0.6 is 0 Å². The van der Waals surface area contributed by atoms with Gasteiger partial charge in [-0.3, -0.25) is 4.31 Å². The summed E-state index contributed by atoms with van der Waals surface area (Å²) < 4.78 is 33.9. The summed E-state index contributed by atoms with van der Waals surface area (Å²) in [5, 5.41) is 0. The van der Waals surface area contributed by atoms with Gasteiger partial charge in [0, 0.05) is 6.54 Å². The maximum atomic E-state index is 13.3. The Balaban J connectivity index is 1.87. The van der Waals surface area contributed by atoms with Crippen molar-refractivity contribution < 1.29 is 13.2 Å². The highest BCUT2D eigenvalue weighted by Gasteiger charge is 2.35. The van der Waals surface area contributed by atoms with Crippen LogP contribution in [0.1, 0.15) is 11.1 Å². The van der Waals surface area contributed by atoms with Crippen molar-refractivity contribution >= 4 is 21.4 Å². The Morgan fingerprint density at radius 3 is 2.71 bits per heavy atom. The fourth-order valence-electron chi connectivity index (χ4n) is 3.43. The Morgan fingerprint density at radius 1 is 1.04 bits per heavy atom. The summed E-state index contributed by atoms with van der Waals surface area (Å²) >= 11 is 0. The van der Waals surface area contributed by atoms with Crippen LogP contribution in [0.25, 0.3) is 0 Å². The lowest BCUT2D eigenvalue weighted by Crippen LogP contribution is -2.47. The van der Waals surface area contributed by atoms with E-state index >= 15 is 0 Å². The molecule has 0 spiro atoms. The van der Waals surface area contributed by atoms with Crippen LogP contribution in [0.4, 0.5) is 11.4 Å². The molecule has 0 unspecified atom stereocenters. The van der Waals surface area contributed by atoms with Crippen LogP contribution in [0, 0.1) is 13.8 Å². The molecule has 4 rings (SSSR count). The number of hydrogen-bond acceptors (Lipinski definition) is 4. The zero-order valence-corrected chi connectivity index (χ0v) is 14.6. The van der Waals surface area contributed by atoms with Crippen molar-refractivity contribution in [1.29, 1.82) is 0 Å². The van der Waals surface area contributed by atoms with Crippen molar-refractivity contribution in [2.75, 3.05) is 35.4 Å². The van der Waals surface area contributed by atoms with Gasteiger partial charge in [0.25, 0.3) is 10.0 Å². The highest BCUT2D eigenvalue weighted by molar-refractivity contribution is 7.93. The number of para-hydroxylation sites is 1. The van der Waals surface area contributed by atoms with E-state index in [4.69, 9.17) is 4.74 Å². The second-order valence-electron chi connectivity index (χ2n) is 6.31. The molecule has 0 aromatic heterocycles. The summed E-state index contributed by atoms with van der Waals surface area (Å²) in [5.74, 6) is 0.764. The fourth-order valence-corrected chi connectivity index (χ4v) is 5.21. The predicted molar refractivity (Wildman–Crippen MR) is 94.6 cm³/mol. The number of nitrogens with zero attached hydrogens (tertiary/aromatic N) is 2. The molecule has 0 aliphatic carbocycles. The van der Waals surface area contributed by atoms with Crippen LogP contribution in [0.5, 0.6) is 5.75 Å².